The average molecular weight is 344 g/mol. The van der Waals surface area contributed by atoms with Crippen molar-refractivity contribution in [1.29, 1.82) is 0 Å². The Morgan fingerprint density at radius 3 is 2.92 bits per heavy atom. The van der Waals surface area contributed by atoms with Crippen LogP contribution in [-0.2, 0) is 24.8 Å². The number of likely N-dealkylation sites (tertiary alicyclic amines) is 1. The number of benzene rings is 1. The Bertz CT molecular complexity index is 730. The van der Waals surface area contributed by atoms with Crippen LogP contribution >= 0.6 is 0 Å². The fourth-order valence-electron chi connectivity index (χ4n) is 3.72. The largest absolute Gasteiger partial charge is 0.352 e. The fraction of sp³-hybridized carbons (Fsp3) is 0.474. The van der Waals surface area contributed by atoms with Gasteiger partial charge in [-0.2, -0.15) is 5.10 Å². The Morgan fingerprint density at radius 2 is 2.24 bits per heavy atom. The van der Waals surface area contributed by atoms with Gasteiger partial charge in [-0.25, -0.2) is 4.39 Å². The van der Waals surface area contributed by atoms with Crippen LogP contribution in [0.15, 0.2) is 36.7 Å². The Balaban J connectivity index is 1.81. The molecule has 1 aromatic carbocycles. The van der Waals surface area contributed by atoms with Gasteiger partial charge in [-0.1, -0.05) is 12.1 Å². The highest BCUT2D eigenvalue weighted by molar-refractivity contribution is 5.73. The number of halogens is 1. The van der Waals surface area contributed by atoms with Crippen molar-refractivity contribution < 1.29 is 9.18 Å². The highest BCUT2D eigenvalue weighted by Crippen LogP contribution is 2.24. The van der Waals surface area contributed by atoms with E-state index in [-0.39, 0.29) is 23.8 Å². The number of piperidine rings is 1. The summed E-state index contributed by atoms with van der Waals surface area (Å²) in [7, 11) is 1.91. The third-order valence-corrected chi connectivity index (χ3v) is 4.76. The maximum atomic E-state index is 13.6. The van der Waals surface area contributed by atoms with Crippen LogP contribution < -0.4 is 5.32 Å². The molecule has 0 saturated carbocycles. The molecule has 0 bridgehead atoms. The van der Waals surface area contributed by atoms with Crippen LogP contribution in [0.4, 0.5) is 4.39 Å². The van der Waals surface area contributed by atoms with Gasteiger partial charge in [0, 0.05) is 44.4 Å². The predicted molar refractivity (Wildman–Crippen MR) is 94.3 cm³/mol. The number of carbonyl (C=O) groups excluding carboxylic acids is 1. The summed E-state index contributed by atoms with van der Waals surface area (Å²) in [6.45, 7) is 3.30. The zero-order valence-corrected chi connectivity index (χ0v) is 14.8. The molecule has 2 heterocycles. The molecule has 134 valence electrons. The van der Waals surface area contributed by atoms with Gasteiger partial charge in [-0.05, 0) is 43.5 Å². The summed E-state index contributed by atoms with van der Waals surface area (Å²) in [5.41, 5.74) is 2.11. The van der Waals surface area contributed by atoms with Crippen molar-refractivity contribution in [2.45, 2.75) is 44.8 Å². The molecule has 1 aliphatic rings. The van der Waals surface area contributed by atoms with Crippen LogP contribution in [0, 0.1) is 5.82 Å². The number of nitrogens with one attached hydrogen (secondary N) is 1. The first-order chi connectivity index (χ1) is 12.0. The standard InChI is InChI=1S/C19H25FN4O/c1-14(25)22-18-7-4-8-24(13-16-11-21-23(2)12-16)19(18)10-15-5-3-6-17(20)9-15/h3,5-6,9,11-12,18-19H,4,7-8,10,13H2,1-2H3,(H,22,25)/t18-,19-/m0/s1. The summed E-state index contributed by atoms with van der Waals surface area (Å²) in [6.07, 6.45) is 6.58. The lowest BCUT2D eigenvalue weighted by molar-refractivity contribution is -0.120. The first kappa shape index (κ1) is 17.6. The van der Waals surface area contributed by atoms with E-state index in [9.17, 15) is 9.18 Å². The second-order valence-corrected chi connectivity index (χ2v) is 6.84. The third kappa shape index (κ3) is 4.66. The van der Waals surface area contributed by atoms with Crippen molar-refractivity contribution in [2.24, 2.45) is 7.05 Å². The van der Waals surface area contributed by atoms with E-state index in [0.29, 0.717) is 6.42 Å². The van der Waals surface area contributed by atoms with Crippen LogP contribution in [0.2, 0.25) is 0 Å². The first-order valence-corrected chi connectivity index (χ1v) is 8.74. The number of hydrogen-bond acceptors (Lipinski definition) is 3. The number of hydrogen-bond donors (Lipinski definition) is 1. The lowest BCUT2D eigenvalue weighted by atomic mass is 9.90. The molecule has 5 nitrogen and oxygen atoms in total. The molecule has 0 radical (unpaired) electrons. The van der Waals surface area contributed by atoms with Crippen molar-refractivity contribution in [1.82, 2.24) is 20.0 Å². The summed E-state index contributed by atoms with van der Waals surface area (Å²) in [5.74, 6) is -0.235. The monoisotopic (exact) mass is 344 g/mol. The molecule has 2 aromatic rings. The first-order valence-electron chi connectivity index (χ1n) is 8.74. The molecule has 0 spiro atoms. The van der Waals surface area contributed by atoms with Crippen molar-refractivity contribution in [3.05, 3.63) is 53.6 Å². The van der Waals surface area contributed by atoms with E-state index in [1.165, 1.54) is 6.07 Å². The van der Waals surface area contributed by atoms with E-state index < -0.39 is 0 Å². The third-order valence-electron chi connectivity index (χ3n) is 4.76. The quantitative estimate of drug-likeness (QED) is 0.905. The molecule has 1 saturated heterocycles. The summed E-state index contributed by atoms with van der Waals surface area (Å²) in [6, 6.07) is 6.95. The van der Waals surface area contributed by atoms with Crippen molar-refractivity contribution in [2.75, 3.05) is 6.54 Å². The maximum absolute atomic E-state index is 13.6. The minimum absolute atomic E-state index is 0.0162. The number of amides is 1. The van der Waals surface area contributed by atoms with Crippen molar-refractivity contribution in [3.8, 4) is 0 Å². The van der Waals surface area contributed by atoms with Crippen LogP contribution in [0.25, 0.3) is 0 Å². The van der Waals surface area contributed by atoms with Crippen LogP contribution in [0.1, 0.15) is 30.9 Å². The number of carbonyl (C=O) groups is 1. The van der Waals surface area contributed by atoms with Crippen LogP contribution in [0.3, 0.4) is 0 Å². The molecule has 0 aliphatic carbocycles. The van der Waals surface area contributed by atoms with Gasteiger partial charge in [0.05, 0.1) is 6.20 Å². The molecule has 6 heteroatoms. The summed E-state index contributed by atoms with van der Waals surface area (Å²) < 4.78 is 15.4. The van der Waals surface area contributed by atoms with Gasteiger partial charge in [0.1, 0.15) is 5.82 Å². The molecule has 0 unspecified atom stereocenters. The van der Waals surface area contributed by atoms with E-state index in [1.807, 2.05) is 25.5 Å². The predicted octanol–water partition coefficient (Wildman–Crippen LogP) is 2.27. The van der Waals surface area contributed by atoms with Gasteiger partial charge in [0.25, 0.3) is 0 Å². The molecule has 1 N–H and O–H groups in total. The second-order valence-electron chi connectivity index (χ2n) is 6.84. The molecule has 25 heavy (non-hydrogen) atoms. The topological polar surface area (TPSA) is 50.2 Å². The van der Waals surface area contributed by atoms with Crippen LogP contribution in [0.5, 0.6) is 0 Å². The maximum Gasteiger partial charge on any atom is 0.217 e. The summed E-state index contributed by atoms with van der Waals surface area (Å²) >= 11 is 0. The lowest BCUT2D eigenvalue weighted by Crippen LogP contribution is -2.55. The highest BCUT2D eigenvalue weighted by Gasteiger charge is 2.32. The molecule has 2 atom stereocenters. The zero-order valence-electron chi connectivity index (χ0n) is 14.8. The normalized spacial score (nSPS) is 21.2. The number of nitrogens with zero attached hydrogens (tertiary/aromatic N) is 3. The van der Waals surface area contributed by atoms with Crippen molar-refractivity contribution >= 4 is 5.91 Å². The fourth-order valence-corrected chi connectivity index (χ4v) is 3.72. The van der Waals surface area contributed by atoms with Gasteiger partial charge < -0.3 is 5.32 Å². The zero-order chi connectivity index (χ0) is 17.8. The lowest BCUT2D eigenvalue weighted by Gasteiger charge is -2.41. The van der Waals surface area contributed by atoms with E-state index in [2.05, 4.69) is 15.3 Å². The molecular weight excluding hydrogens is 319 g/mol. The van der Waals surface area contributed by atoms with E-state index in [0.717, 1.165) is 37.1 Å². The molecule has 1 aromatic heterocycles. The number of rotatable bonds is 5. The van der Waals surface area contributed by atoms with E-state index >= 15 is 0 Å². The van der Waals surface area contributed by atoms with Crippen LogP contribution in [-0.4, -0.2) is 39.2 Å². The van der Waals surface area contributed by atoms with E-state index in [4.69, 9.17) is 0 Å². The molecule has 1 fully saturated rings. The van der Waals surface area contributed by atoms with Gasteiger partial charge in [0.2, 0.25) is 5.91 Å². The van der Waals surface area contributed by atoms with Gasteiger partial charge >= 0.3 is 0 Å². The Kier molecular flexibility index (Phi) is 5.48. The highest BCUT2D eigenvalue weighted by atomic mass is 19.1. The average Bonchev–Trinajstić information content (AvgIpc) is 2.95. The van der Waals surface area contributed by atoms with Gasteiger partial charge in [-0.3, -0.25) is 14.4 Å². The molecular formula is C19H25FN4O. The number of aryl methyl sites for hydroxylation is 1. The minimum Gasteiger partial charge on any atom is -0.352 e. The molecule has 1 amide bonds. The second kappa shape index (κ2) is 7.78. The van der Waals surface area contributed by atoms with E-state index in [1.54, 1.807) is 23.7 Å². The molecule has 3 rings (SSSR count). The van der Waals surface area contributed by atoms with Gasteiger partial charge in [-0.15, -0.1) is 0 Å². The SMILES string of the molecule is CC(=O)N[C@H]1CCCN(Cc2cnn(C)c2)[C@H]1Cc1cccc(F)c1. The van der Waals surface area contributed by atoms with Crippen molar-refractivity contribution in [3.63, 3.8) is 0 Å². The Hall–Kier alpha value is -2.21. The number of aromatic nitrogens is 2. The van der Waals surface area contributed by atoms with Gasteiger partial charge in [0.15, 0.2) is 0 Å². The molecule has 1 aliphatic heterocycles. The Labute approximate surface area is 147 Å². The minimum atomic E-state index is -0.219. The summed E-state index contributed by atoms with van der Waals surface area (Å²) in [4.78, 5) is 14.0. The smallest absolute Gasteiger partial charge is 0.217 e. The Morgan fingerprint density at radius 1 is 1.40 bits per heavy atom. The summed E-state index contributed by atoms with van der Waals surface area (Å²) in [5, 5.41) is 7.33.